The summed E-state index contributed by atoms with van der Waals surface area (Å²) < 4.78 is 39.5. The fourth-order valence-electron chi connectivity index (χ4n) is 4.66. The van der Waals surface area contributed by atoms with Crippen LogP contribution in [-0.2, 0) is 19.6 Å². The van der Waals surface area contributed by atoms with Crippen molar-refractivity contribution in [2.75, 3.05) is 19.4 Å². The van der Waals surface area contributed by atoms with Crippen LogP contribution >= 0.6 is 0 Å². The normalized spacial score (nSPS) is 28.1. The molecule has 1 aliphatic carbocycles. The second-order valence-corrected chi connectivity index (χ2v) is 9.96. The van der Waals surface area contributed by atoms with E-state index in [2.05, 4.69) is 17.4 Å². The lowest BCUT2D eigenvalue weighted by atomic mass is 9.80. The maximum atomic E-state index is 13.0. The Balaban J connectivity index is 1.72. The first-order valence-corrected chi connectivity index (χ1v) is 12.3. The van der Waals surface area contributed by atoms with Crippen molar-refractivity contribution in [3.63, 3.8) is 0 Å². The number of fused-ring (bicyclic) bond motifs is 5. The van der Waals surface area contributed by atoms with E-state index in [-0.39, 0.29) is 18.6 Å². The summed E-state index contributed by atoms with van der Waals surface area (Å²) in [4.78, 5) is 14.6. The number of aryl methyl sites for hydroxylation is 1. The zero-order valence-corrected chi connectivity index (χ0v) is 18.3. The summed E-state index contributed by atoms with van der Waals surface area (Å²) in [6.07, 6.45) is 7.53. The SMILES string of the molecule is Cc1cccc2c1C1CCC(CC1)O/C=C1/C(=N/S(C)(=O)=O)CCCN1C(=O)CO2. The molecule has 2 fully saturated rings. The van der Waals surface area contributed by atoms with Gasteiger partial charge in [0.2, 0.25) is 0 Å². The van der Waals surface area contributed by atoms with E-state index in [0.29, 0.717) is 36.7 Å². The highest BCUT2D eigenvalue weighted by Crippen LogP contribution is 2.40. The van der Waals surface area contributed by atoms with Crippen LogP contribution in [0.3, 0.4) is 0 Å². The van der Waals surface area contributed by atoms with Crippen molar-refractivity contribution in [2.45, 2.75) is 57.5 Å². The summed E-state index contributed by atoms with van der Waals surface area (Å²) in [7, 11) is -3.58. The number of carbonyl (C=O) groups is 1. The molecule has 0 unspecified atom stereocenters. The summed E-state index contributed by atoms with van der Waals surface area (Å²) in [6.45, 7) is 2.45. The van der Waals surface area contributed by atoms with Gasteiger partial charge in [-0.15, -0.1) is 0 Å². The Hall–Kier alpha value is -2.35. The van der Waals surface area contributed by atoms with Crippen LogP contribution in [0.4, 0.5) is 0 Å². The van der Waals surface area contributed by atoms with Crippen LogP contribution in [0.15, 0.2) is 34.6 Å². The summed E-state index contributed by atoms with van der Waals surface area (Å²) >= 11 is 0. The number of benzene rings is 1. The minimum Gasteiger partial charge on any atom is -0.496 e. The molecule has 1 amide bonds. The van der Waals surface area contributed by atoms with Crippen LogP contribution in [0.1, 0.15) is 55.6 Å². The number of nitrogens with zero attached hydrogens (tertiary/aromatic N) is 2. The Kier molecular flexibility index (Phi) is 5.86. The van der Waals surface area contributed by atoms with Gasteiger partial charge in [-0.1, -0.05) is 12.1 Å². The van der Waals surface area contributed by atoms with Crippen LogP contribution in [0.5, 0.6) is 5.75 Å². The minimum absolute atomic E-state index is 0.0428. The van der Waals surface area contributed by atoms with Gasteiger partial charge >= 0.3 is 0 Å². The molecule has 30 heavy (non-hydrogen) atoms. The zero-order chi connectivity index (χ0) is 21.3. The van der Waals surface area contributed by atoms with Crippen LogP contribution in [-0.4, -0.2) is 50.4 Å². The summed E-state index contributed by atoms with van der Waals surface area (Å²) in [5.74, 6) is 0.916. The number of allylic oxidation sites excluding steroid dienone is 1. The van der Waals surface area contributed by atoms with Crippen molar-refractivity contribution >= 4 is 21.6 Å². The van der Waals surface area contributed by atoms with Crippen molar-refractivity contribution in [3.8, 4) is 5.75 Å². The molecule has 1 aromatic carbocycles. The van der Waals surface area contributed by atoms with E-state index in [9.17, 15) is 13.2 Å². The molecule has 3 heterocycles. The maximum Gasteiger partial charge on any atom is 0.265 e. The zero-order valence-electron chi connectivity index (χ0n) is 17.5. The monoisotopic (exact) mass is 432 g/mol. The molecule has 0 radical (unpaired) electrons. The molecule has 1 aromatic rings. The van der Waals surface area contributed by atoms with E-state index >= 15 is 0 Å². The van der Waals surface area contributed by atoms with E-state index in [0.717, 1.165) is 37.7 Å². The molecule has 2 bridgehead atoms. The highest BCUT2D eigenvalue weighted by atomic mass is 32.2. The second kappa shape index (κ2) is 8.41. The molecule has 3 aliphatic heterocycles. The molecule has 0 spiro atoms. The van der Waals surface area contributed by atoms with E-state index in [1.807, 2.05) is 12.1 Å². The molecule has 7 nitrogen and oxygen atoms in total. The van der Waals surface area contributed by atoms with Crippen LogP contribution in [0, 0.1) is 6.92 Å². The Morgan fingerprint density at radius 1 is 1.17 bits per heavy atom. The van der Waals surface area contributed by atoms with Gasteiger partial charge in [-0.2, -0.15) is 4.40 Å². The van der Waals surface area contributed by atoms with Crippen molar-refractivity contribution in [2.24, 2.45) is 4.40 Å². The van der Waals surface area contributed by atoms with Gasteiger partial charge in [-0.3, -0.25) is 4.79 Å². The fourth-order valence-corrected chi connectivity index (χ4v) is 5.25. The molecular weight excluding hydrogens is 404 g/mol. The Morgan fingerprint density at radius 3 is 2.67 bits per heavy atom. The molecule has 8 heteroatoms. The van der Waals surface area contributed by atoms with Crippen molar-refractivity contribution < 1.29 is 22.7 Å². The number of sulfonamides is 1. The molecule has 1 saturated heterocycles. The van der Waals surface area contributed by atoms with Crippen LogP contribution in [0.2, 0.25) is 0 Å². The second-order valence-electron chi connectivity index (χ2n) is 8.31. The first-order chi connectivity index (χ1) is 14.3. The van der Waals surface area contributed by atoms with Gasteiger partial charge in [0.1, 0.15) is 17.7 Å². The number of rotatable bonds is 1. The molecule has 5 rings (SSSR count). The highest BCUT2D eigenvalue weighted by molar-refractivity contribution is 7.89. The summed E-state index contributed by atoms with van der Waals surface area (Å²) in [6, 6.07) is 5.97. The van der Waals surface area contributed by atoms with Gasteiger partial charge < -0.3 is 14.4 Å². The lowest BCUT2D eigenvalue weighted by molar-refractivity contribution is -0.131. The molecular formula is C22H28N2O5S. The average Bonchev–Trinajstić information content (AvgIpc) is 2.71. The van der Waals surface area contributed by atoms with Crippen molar-refractivity contribution in [1.82, 2.24) is 4.90 Å². The van der Waals surface area contributed by atoms with Crippen molar-refractivity contribution in [3.05, 3.63) is 41.3 Å². The van der Waals surface area contributed by atoms with E-state index in [4.69, 9.17) is 9.47 Å². The Labute approximate surface area is 177 Å². The fraction of sp³-hybridized carbons (Fsp3) is 0.545. The Bertz CT molecular complexity index is 991. The quantitative estimate of drug-likeness (QED) is 0.680. The Morgan fingerprint density at radius 2 is 1.93 bits per heavy atom. The molecule has 0 N–H and O–H groups in total. The third-order valence-electron chi connectivity index (χ3n) is 6.05. The van der Waals surface area contributed by atoms with E-state index in [1.165, 1.54) is 11.1 Å². The lowest BCUT2D eigenvalue weighted by Crippen LogP contribution is -2.41. The lowest BCUT2D eigenvalue weighted by Gasteiger charge is -2.31. The molecule has 0 aromatic heterocycles. The summed E-state index contributed by atoms with van der Waals surface area (Å²) in [5.41, 5.74) is 3.18. The van der Waals surface area contributed by atoms with Gasteiger partial charge in [0.05, 0.1) is 18.1 Å². The maximum absolute atomic E-state index is 13.0. The molecule has 162 valence electrons. The first kappa shape index (κ1) is 20.9. The van der Waals surface area contributed by atoms with Gasteiger partial charge in [-0.25, -0.2) is 8.42 Å². The van der Waals surface area contributed by atoms with Gasteiger partial charge in [0, 0.05) is 12.1 Å². The minimum atomic E-state index is -3.58. The largest absolute Gasteiger partial charge is 0.496 e. The van der Waals surface area contributed by atoms with E-state index < -0.39 is 10.0 Å². The standard InChI is InChI=1S/C22H28N2O5S/c1-15-5-3-7-20-22(15)16-8-10-17(11-9-16)28-13-19-18(23-30(2,26)27)6-4-12-24(19)21(25)14-29-20/h3,5,7,13,16-17H,4,6,8-12,14H2,1-2H3/b19-13-,23-18+. The van der Waals surface area contributed by atoms with Crippen LogP contribution in [0.25, 0.3) is 0 Å². The number of ether oxygens (including phenoxy) is 2. The number of piperidine rings is 1. The number of hydrogen-bond donors (Lipinski definition) is 0. The molecule has 4 aliphatic rings. The number of amides is 1. The van der Waals surface area contributed by atoms with Crippen LogP contribution < -0.4 is 4.74 Å². The predicted octanol–water partition coefficient (Wildman–Crippen LogP) is 3.29. The first-order valence-electron chi connectivity index (χ1n) is 10.5. The van der Waals surface area contributed by atoms with Crippen molar-refractivity contribution in [1.29, 1.82) is 0 Å². The number of hydrogen-bond acceptors (Lipinski definition) is 5. The number of carbonyl (C=O) groups excluding carboxylic acids is 1. The van der Waals surface area contributed by atoms with E-state index in [1.54, 1.807) is 11.2 Å². The van der Waals surface area contributed by atoms with Gasteiger partial charge in [-0.05, 0) is 63.0 Å². The topological polar surface area (TPSA) is 85.3 Å². The molecule has 1 saturated carbocycles. The highest BCUT2D eigenvalue weighted by Gasteiger charge is 2.31. The molecule has 0 atom stereocenters. The third kappa shape index (κ3) is 4.53. The third-order valence-corrected chi connectivity index (χ3v) is 6.60. The summed E-state index contributed by atoms with van der Waals surface area (Å²) in [5, 5.41) is 0. The van der Waals surface area contributed by atoms with Gasteiger partial charge in [0.15, 0.2) is 6.61 Å². The smallest absolute Gasteiger partial charge is 0.265 e. The average molecular weight is 433 g/mol. The predicted molar refractivity (Wildman–Crippen MR) is 114 cm³/mol. The van der Waals surface area contributed by atoms with Gasteiger partial charge in [0.25, 0.3) is 15.9 Å².